The van der Waals surface area contributed by atoms with Crippen LogP contribution in [-0.2, 0) is 0 Å². The number of nitrogens with zero attached hydrogens (tertiary/aromatic N) is 1. The highest BCUT2D eigenvalue weighted by Crippen LogP contribution is 2.24. The molecule has 2 N–H and O–H groups in total. The zero-order valence-corrected chi connectivity index (χ0v) is 9.75. The van der Waals surface area contributed by atoms with Crippen molar-refractivity contribution < 1.29 is 10.2 Å². The summed E-state index contributed by atoms with van der Waals surface area (Å²) in [5, 5.41) is 19.5. The molecule has 1 rings (SSSR count). The second-order valence-electron chi connectivity index (χ2n) is 5.92. The molecule has 14 heavy (non-hydrogen) atoms. The summed E-state index contributed by atoms with van der Waals surface area (Å²) in [7, 11) is 0. The third-order valence-corrected chi connectivity index (χ3v) is 2.78. The van der Waals surface area contributed by atoms with E-state index in [-0.39, 0.29) is 5.41 Å². The van der Waals surface area contributed by atoms with E-state index in [1.165, 1.54) is 0 Å². The van der Waals surface area contributed by atoms with Crippen LogP contribution in [-0.4, -0.2) is 46.5 Å². The van der Waals surface area contributed by atoms with Crippen LogP contribution in [0.1, 0.15) is 34.1 Å². The topological polar surface area (TPSA) is 43.7 Å². The molecule has 1 aliphatic rings. The number of likely N-dealkylation sites (tertiary alicyclic amines) is 1. The van der Waals surface area contributed by atoms with Crippen LogP contribution >= 0.6 is 0 Å². The Kier molecular flexibility index (Phi) is 3.24. The lowest BCUT2D eigenvalue weighted by Crippen LogP contribution is -2.55. The first kappa shape index (κ1) is 12.0. The fourth-order valence-electron chi connectivity index (χ4n) is 1.90. The lowest BCUT2D eigenvalue weighted by molar-refractivity contribution is -0.110. The fourth-order valence-corrected chi connectivity index (χ4v) is 1.90. The van der Waals surface area contributed by atoms with Crippen LogP contribution in [0.3, 0.4) is 0 Å². The number of piperidine rings is 1. The summed E-state index contributed by atoms with van der Waals surface area (Å²) in [6.07, 6.45) is 0.0446. The maximum atomic E-state index is 9.78. The summed E-state index contributed by atoms with van der Waals surface area (Å²) in [5.74, 6) is 0. The number of aliphatic hydroxyl groups excluding tert-OH is 1. The van der Waals surface area contributed by atoms with Gasteiger partial charge in [0.05, 0.1) is 11.7 Å². The van der Waals surface area contributed by atoms with Gasteiger partial charge in [-0.05, 0) is 18.8 Å². The van der Waals surface area contributed by atoms with Crippen LogP contribution in [0.4, 0.5) is 0 Å². The van der Waals surface area contributed by atoms with Crippen molar-refractivity contribution in [1.82, 2.24) is 4.90 Å². The van der Waals surface area contributed by atoms with Crippen molar-refractivity contribution in [3.05, 3.63) is 0 Å². The summed E-state index contributed by atoms with van der Waals surface area (Å²) >= 11 is 0. The van der Waals surface area contributed by atoms with E-state index in [1.54, 1.807) is 6.92 Å². The van der Waals surface area contributed by atoms with Crippen molar-refractivity contribution in [3.63, 3.8) is 0 Å². The molecule has 0 aliphatic carbocycles. The Morgan fingerprint density at radius 3 is 2.43 bits per heavy atom. The van der Waals surface area contributed by atoms with Crippen LogP contribution in [0.15, 0.2) is 0 Å². The van der Waals surface area contributed by atoms with Gasteiger partial charge in [-0.15, -0.1) is 0 Å². The Balaban J connectivity index is 2.47. The Bertz CT molecular complexity index is 196. The first-order chi connectivity index (χ1) is 6.21. The number of hydrogen-bond acceptors (Lipinski definition) is 3. The van der Waals surface area contributed by atoms with Gasteiger partial charge in [-0.3, -0.25) is 0 Å². The number of rotatable bonds is 1. The van der Waals surface area contributed by atoms with Gasteiger partial charge in [-0.25, -0.2) is 0 Å². The van der Waals surface area contributed by atoms with E-state index in [4.69, 9.17) is 0 Å². The van der Waals surface area contributed by atoms with Crippen LogP contribution in [0.25, 0.3) is 0 Å². The Morgan fingerprint density at radius 2 is 2.00 bits per heavy atom. The molecule has 3 nitrogen and oxygen atoms in total. The SMILES string of the molecule is CC(C)(C)CN1CC[C@@](C)(O)[C@@H](O)C1. The standard InChI is InChI=1S/C11H23NO2/c1-10(2,3)8-12-6-5-11(4,14)9(13)7-12/h9,13-14H,5-8H2,1-4H3/t9-,11+/m0/s1. The van der Waals surface area contributed by atoms with Gasteiger partial charge < -0.3 is 15.1 Å². The molecule has 0 radical (unpaired) electrons. The molecule has 84 valence electrons. The predicted molar refractivity (Wildman–Crippen MR) is 57.1 cm³/mol. The van der Waals surface area contributed by atoms with Crippen molar-refractivity contribution in [2.24, 2.45) is 5.41 Å². The summed E-state index contributed by atoms with van der Waals surface area (Å²) in [6, 6.07) is 0. The van der Waals surface area contributed by atoms with E-state index in [1.807, 2.05) is 0 Å². The van der Waals surface area contributed by atoms with E-state index < -0.39 is 11.7 Å². The molecule has 0 unspecified atom stereocenters. The molecule has 0 spiro atoms. The van der Waals surface area contributed by atoms with Crippen molar-refractivity contribution in [2.75, 3.05) is 19.6 Å². The smallest absolute Gasteiger partial charge is 0.0951 e. The fraction of sp³-hybridized carbons (Fsp3) is 1.00. The lowest BCUT2D eigenvalue weighted by Gasteiger charge is -2.42. The van der Waals surface area contributed by atoms with Crippen LogP contribution in [0.5, 0.6) is 0 Å². The van der Waals surface area contributed by atoms with Gasteiger partial charge in [-0.2, -0.15) is 0 Å². The molecule has 0 bridgehead atoms. The minimum absolute atomic E-state index is 0.253. The van der Waals surface area contributed by atoms with Crippen molar-refractivity contribution in [3.8, 4) is 0 Å². The predicted octanol–water partition coefficient (Wildman–Crippen LogP) is 0.850. The maximum absolute atomic E-state index is 9.78. The molecule has 0 saturated carbocycles. The van der Waals surface area contributed by atoms with Crippen LogP contribution in [0.2, 0.25) is 0 Å². The molecule has 1 heterocycles. The minimum atomic E-state index is -0.894. The summed E-state index contributed by atoms with van der Waals surface area (Å²) in [4.78, 5) is 2.22. The van der Waals surface area contributed by atoms with Crippen molar-refractivity contribution in [1.29, 1.82) is 0 Å². The van der Waals surface area contributed by atoms with Gasteiger partial charge >= 0.3 is 0 Å². The van der Waals surface area contributed by atoms with Crippen LogP contribution < -0.4 is 0 Å². The quantitative estimate of drug-likeness (QED) is 0.661. The highest BCUT2D eigenvalue weighted by molar-refractivity contribution is 4.90. The number of aliphatic hydroxyl groups is 2. The molecule has 0 aromatic rings. The molecule has 1 saturated heterocycles. The maximum Gasteiger partial charge on any atom is 0.0951 e. The van der Waals surface area contributed by atoms with Gasteiger partial charge in [0, 0.05) is 19.6 Å². The van der Waals surface area contributed by atoms with Gasteiger partial charge in [0.2, 0.25) is 0 Å². The van der Waals surface area contributed by atoms with E-state index in [9.17, 15) is 10.2 Å². The van der Waals surface area contributed by atoms with Crippen LogP contribution in [0, 0.1) is 5.41 Å². The number of hydrogen-bond donors (Lipinski definition) is 2. The Morgan fingerprint density at radius 1 is 1.43 bits per heavy atom. The van der Waals surface area contributed by atoms with E-state index in [2.05, 4.69) is 25.7 Å². The molecule has 0 aromatic heterocycles. The van der Waals surface area contributed by atoms with E-state index in [0.29, 0.717) is 13.0 Å². The molecule has 1 fully saturated rings. The highest BCUT2D eigenvalue weighted by atomic mass is 16.3. The second-order valence-corrected chi connectivity index (χ2v) is 5.92. The molecule has 0 aromatic carbocycles. The minimum Gasteiger partial charge on any atom is -0.389 e. The summed E-state index contributed by atoms with van der Waals surface area (Å²) in [6.45, 7) is 10.7. The Hall–Kier alpha value is -0.120. The van der Waals surface area contributed by atoms with Gasteiger partial charge in [0.15, 0.2) is 0 Å². The van der Waals surface area contributed by atoms with Gasteiger partial charge in [0.25, 0.3) is 0 Å². The molecule has 2 atom stereocenters. The zero-order chi connectivity index (χ0) is 11.0. The third kappa shape index (κ3) is 3.23. The molecule has 3 heteroatoms. The monoisotopic (exact) mass is 201 g/mol. The molecular formula is C11H23NO2. The van der Waals surface area contributed by atoms with Crippen molar-refractivity contribution >= 4 is 0 Å². The molecular weight excluding hydrogens is 178 g/mol. The van der Waals surface area contributed by atoms with E-state index >= 15 is 0 Å². The zero-order valence-electron chi connectivity index (χ0n) is 9.75. The highest BCUT2D eigenvalue weighted by Gasteiger charge is 2.36. The first-order valence-corrected chi connectivity index (χ1v) is 5.33. The summed E-state index contributed by atoms with van der Waals surface area (Å²) in [5.41, 5.74) is -0.642. The van der Waals surface area contributed by atoms with E-state index in [0.717, 1.165) is 13.1 Å². The second kappa shape index (κ2) is 3.80. The largest absolute Gasteiger partial charge is 0.389 e. The van der Waals surface area contributed by atoms with Crippen molar-refractivity contribution in [2.45, 2.75) is 45.8 Å². The third-order valence-electron chi connectivity index (χ3n) is 2.78. The van der Waals surface area contributed by atoms with Gasteiger partial charge in [0.1, 0.15) is 0 Å². The lowest BCUT2D eigenvalue weighted by atomic mass is 9.88. The van der Waals surface area contributed by atoms with Gasteiger partial charge in [-0.1, -0.05) is 20.8 Å². The molecule has 0 amide bonds. The summed E-state index contributed by atoms with van der Waals surface area (Å²) < 4.78 is 0. The molecule has 1 aliphatic heterocycles. The normalized spacial score (nSPS) is 36.0. The average molecular weight is 201 g/mol. The Labute approximate surface area is 86.7 Å². The first-order valence-electron chi connectivity index (χ1n) is 5.33. The number of β-amino-alcohol motifs (C(OH)–C–C–N with tert-alkyl or cyclic N) is 1. The average Bonchev–Trinajstić information content (AvgIpc) is 1.95.